The fourth-order valence-corrected chi connectivity index (χ4v) is 3.92. The minimum Gasteiger partial charge on any atom is -0.364 e. The van der Waals surface area contributed by atoms with Gasteiger partial charge in [0.25, 0.3) is 0 Å². The van der Waals surface area contributed by atoms with Crippen LogP contribution in [0.2, 0.25) is 0 Å². The van der Waals surface area contributed by atoms with Gasteiger partial charge in [-0.3, -0.25) is 0 Å². The van der Waals surface area contributed by atoms with Crippen LogP contribution in [0.15, 0.2) is 17.8 Å². The van der Waals surface area contributed by atoms with Gasteiger partial charge in [-0.15, -0.1) is 0 Å². The van der Waals surface area contributed by atoms with Crippen LogP contribution in [0.4, 0.5) is 0 Å². The molecule has 1 aromatic carbocycles. The zero-order valence-corrected chi connectivity index (χ0v) is 12.3. The zero-order chi connectivity index (χ0) is 13.2. The van der Waals surface area contributed by atoms with Crippen molar-refractivity contribution in [3.63, 3.8) is 0 Å². The maximum absolute atomic E-state index is 2.62. The third-order valence-corrected chi connectivity index (χ3v) is 5.28. The number of nitrogens with zero attached hydrogens (tertiary/aromatic N) is 1. The van der Waals surface area contributed by atoms with Crippen LogP contribution in [0.25, 0.3) is 5.57 Å². The van der Waals surface area contributed by atoms with Gasteiger partial charge >= 0.3 is 0 Å². The first kappa shape index (κ1) is 11.8. The molecule has 96 valence electrons. The average Bonchev–Trinajstić information content (AvgIpc) is 2.35. The van der Waals surface area contributed by atoms with Crippen molar-refractivity contribution in [3.8, 4) is 0 Å². The molecule has 0 bridgehead atoms. The molecule has 1 fully saturated rings. The minimum atomic E-state index is 0.532. The third-order valence-electron chi connectivity index (χ3n) is 5.28. The maximum Gasteiger partial charge on any atom is 0.0523 e. The lowest BCUT2D eigenvalue weighted by atomic mass is 9.74. The van der Waals surface area contributed by atoms with Gasteiger partial charge in [0.2, 0.25) is 0 Å². The van der Waals surface area contributed by atoms with E-state index in [1.807, 2.05) is 0 Å². The summed E-state index contributed by atoms with van der Waals surface area (Å²) < 4.78 is 0. The van der Waals surface area contributed by atoms with E-state index in [9.17, 15) is 0 Å². The lowest BCUT2D eigenvalue weighted by Crippen LogP contribution is -2.53. The minimum absolute atomic E-state index is 0.532. The summed E-state index contributed by atoms with van der Waals surface area (Å²) in [5.41, 5.74) is 9.00. The Hall–Kier alpha value is -1.24. The largest absolute Gasteiger partial charge is 0.364 e. The smallest absolute Gasteiger partial charge is 0.0523 e. The Bertz CT molecular complexity index is 553. The summed E-state index contributed by atoms with van der Waals surface area (Å²) in [6, 6.07) is 5.81. The van der Waals surface area contributed by atoms with E-state index in [1.165, 1.54) is 22.3 Å². The molecule has 0 aromatic heterocycles. The molecular weight excluding hydrogens is 218 g/mol. The van der Waals surface area contributed by atoms with Crippen molar-refractivity contribution in [3.05, 3.63) is 40.1 Å². The molecule has 1 heteroatoms. The van der Waals surface area contributed by atoms with E-state index in [0.29, 0.717) is 18.0 Å². The Morgan fingerprint density at radius 3 is 2.33 bits per heavy atom. The van der Waals surface area contributed by atoms with E-state index >= 15 is 0 Å². The molecule has 0 amide bonds. The van der Waals surface area contributed by atoms with Crippen LogP contribution in [0, 0.1) is 19.8 Å². The Kier molecular flexibility index (Phi) is 2.38. The lowest BCUT2D eigenvalue weighted by molar-refractivity contribution is 0.0645. The molecule has 2 aliphatic rings. The van der Waals surface area contributed by atoms with Crippen LogP contribution in [-0.4, -0.2) is 10.9 Å². The predicted octanol–water partition coefficient (Wildman–Crippen LogP) is 4.45. The van der Waals surface area contributed by atoms with Crippen molar-refractivity contribution in [1.82, 2.24) is 4.90 Å². The van der Waals surface area contributed by atoms with Crippen molar-refractivity contribution in [1.29, 1.82) is 0 Å². The summed E-state index contributed by atoms with van der Waals surface area (Å²) in [6.45, 7) is 13.9. The van der Waals surface area contributed by atoms with Gasteiger partial charge in [0.15, 0.2) is 0 Å². The highest BCUT2D eigenvalue weighted by atomic mass is 15.3. The van der Waals surface area contributed by atoms with Gasteiger partial charge < -0.3 is 4.90 Å². The Morgan fingerprint density at radius 1 is 1.00 bits per heavy atom. The molecule has 0 N–H and O–H groups in total. The van der Waals surface area contributed by atoms with Crippen LogP contribution >= 0.6 is 0 Å². The van der Waals surface area contributed by atoms with Gasteiger partial charge in [-0.05, 0) is 62.4 Å². The second-order valence-corrected chi connectivity index (χ2v) is 6.09. The fraction of sp³-hybridized carbons (Fsp3) is 0.529. The van der Waals surface area contributed by atoms with Gasteiger partial charge in [-0.1, -0.05) is 19.1 Å². The summed E-state index contributed by atoms with van der Waals surface area (Å²) in [7, 11) is 0. The van der Waals surface area contributed by atoms with Crippen molar-refractivity contribution < 1.29 is 0 Å². The predicted molar refractivity (Wildman–Crippen MR) is 77.4 cm³/mol. The molecule has 0 radical (unpaired) electrons. The molecule has 3 rings (SSSR count). The van der Waals surface area contributed by atoms with Gasteiger partial charge in [-0.2, -0.15) is 0 Å². The first-order valence-electron chi connectivity index (χ1n) is 7.04. The van der Waals surface area contributed by atoms with Gasteiger partial charge in [0, 0.05) is 17.7 Å². The number of aryl methyl sites for hydroxylation is 1. The Balaban J connectivity index is 2.26. The maximum atomic E-state index is 2.62. The van der Waals surface area contributed by atoms with Crippen LogP contribution in [0.5, 0.6) is 0 Å². The molecule has 18 heavy (non-hydrogen) atoms. The molecular formula is C17H23N. The molecule has 3 atom stereocenters. The molecule has 0 aliphatic carbocycles. The summed E-state index contributed by atoms with van der Waals surface area (Å²) in [5.74, 6) is 0.710. The van der Waals surface area contributed by atoms with E-state index in [-0.39, 0.29) is 0 Å². The SMILES string of the molecule is CC1=C2C(C)C(C)N2C(C)c2c1ccc(C)c2C. The first-order chi connectivity index (χ1) is 8.45. The van der Waals surface area contributed by atoms with Crippen LogP contribution in [-0.2, 0) is 0 Å². The molecule has 1 nitrogen and oxygen atoms in total. The number of rotatable bonds is 0. The van der Waals surface area contributed by atoms with E-state index in [2.05, 4.69) is 58.6 Å². The van der Waals surface area contributed by atoms with Gasteiger partial charge in [-0.25, -0.2) is 0 Å². The van der Waals surface area contributed by atoms with Crippen molar-refractivity contribution in [2.24, 2.45) is 5.92 Å². The summed E-state index contributed by atoms with van der Waals surface area (Å²) in [4.78, 5) is 2.62. The zero-order valence-electron chi connectivity index (χ0n) is 12.3. The molecule has 0 spiro atoms. The summed E-state index contributed by atoms with van der Waals surface area (Å²) >= 11 is 0. The molecule has 2 heterocycles. The number of hydrogen-bond donors (Lipinski definition) is 0. The number of fused-ring (bicyclic) bond motifs is 2. The number of allylic oxidation sites excluding steroid dienone is 1. The van der Waals surface area contributed by atoms with E-state index < -0.39 is 0 Å². The Morgan fingerprint density at radius 2 is 1.67 bits per heavy atom. The second kappa shape index (κ2) is 3.63. The van der Waals surface area contributed by atoms with Crippen molar-refractivity contribution in [2.75, 3.05) is 0 Å². The van der Waals surface area contributed by atoms with Gasteiger partial charge in [0.1, 0.15) is 0 Å². The molecule has 1 aromatic rings. The summed E-state index contributed by atoms with van der Waals surface area (Å²) in [5, 5.41) is 0. The third kappa shape index (κ3) is 1.23. The van der Waals surface area contributed by atoms with E-state index in [1.54, 1.807) is 11.3 Å². The van der Waals surface area contributed by atoms with Crippen molar-refractivity contribution in [2.45, 2.75) is 53.6 Å². The monoisotopic (exact) mass is 241 g/mol. The van der Waals surface area contributed by atoms with Crippen LogP contribution in [0.1, 0.15) is 56.0 Å². The Labute approximate surface area is 111 Å². The first-order valence-corrected chi connectivity index (χ1v) is 7.04. The van der Waals surface area contributed by atoms with E-state index in [0.717, 1.165) is 0 Å². The topological polar surface area (TPSA) is 3.24 Å². The number of hydrogen-bond acceptors (Lipinski definition) is 1. The summed E-state index contributed by atoms with van der Waals surface area (Å²) in [6.07, 6.45) is 0. The highest BCUT2D eigenvalue weighted by molar-refractivity contribution is 5.75. The van der Waals surface area contributed by atoms with Crippen LogP contribution < -0.4 is 0 Å². The normalized spacial score (nSPS) is 29.9. The molecule has 3 unspecified atom stereocenters. The second-order valence-electron chi connectivity index (χ2n) is 6.09. The molecule has 2 aliphatic heterocycles. The number of benzene rings is 1. The van der Waals surface area contributed by atoms with Crippen molar-refractivity contribution >= 4 is 5.57 Å². The van der Waals surface area contributed by atoms with Gasteiger partial charge in [0.05, 0.1) is 6.04 Å². The molecule has 1 saturated heterocycles. The standard InChI is InChI=1S/C17H23N/c1-9-7-8-15-12(4)17-11(3)13(5)18(17)14(6)16(15)10(9)2/h7-8,11,13-14H,1-6H3. The van der Waals surface area contributed by atoms with E-state index in [4.69, 9.17) is 0 Å². The fourth-order valence-electron chi connectivity index (χ4n) is 3.92. The highest BCUT2D eigenvalue weighted by Crippen LogP contribution is 2.51. The van der Waals surface area contributed by atoms with Crippen LogP contribution in [0.3, 0.4) is 0 Å². The molecule has 0 saturated carbocycles. The average molecular weight is 241 g/mol. The highest BCUT2D eigenvalue weighted by Gasteiger charge is 2.44. The lowest BCUT2D eigenvalue weighted by Gasteiger charge is -2.56. The quantitative estimate of drug-likeness (QED) is 0.648.